The Kier molecular flexibility index (Phi) is 11.5. The maximum Gasteiger partial charge on any atom is 0.305 e. The topological polar surface area (TPSA) is 141 Å². The second-order valence-electron chi connectivity index (χ2n) is 6.22. The molecule has 0 saturated carbocycles. The third kappa shape index (κ3) is 10.4. The molecule has 0 aromatic carbocycles. The van der Waals surface area contributed by atoms with Crippen LogP contribution in [-0.4, -0.2) is 68.2 Å². The van der Waals surface area contributed by atoms with Gasteiger partial charge in [-0.2, -0.15) is 0 Å². The standard InChI is InChI=1S/C18H28O11/c1-9(8-25-10(2)19)15(26-11(3)20)16(27-12(4)21)17(28-13(5)22)18(24-7)29-14(6)23/h9,15-18H,8H2,1-7H3. The Labute approximate surface area is 168 Å². The van der Waals surface area contributed by atoms with Crippen LogP contribution in [0.4, 0.5) is 0 Å². The van der Waals surface area contributed by atoms with Gasteiger partial charge in [0.15, 0.2) is 6.10 Å². The summed E-state index contributed by atoms with van der Waals surface area (Å²) in [6, 6.07) is 0. The summed E-state index contributed by atoms with van der Waals surface area (Å²) in [5, 5.41) is 0. The Morgan fingerprint density at radius 1 is 0.621 bits per heavy atom. The van der Waals surface area contributed by atoms with Gasteiger partial charge in [-0.1, -0.05) is 6.92 Å². The molecule has 29 heavy (non-hydrogen) atoms. The van der Waals surface area contributed by atoms with Crippen LogP contribution >= 0.6 is 0 Å². The van der Waals surface area contributed by atoms with Crippen molar-refractivity contribution in [1.29, 1.82) is 0 Å². The molecule has 5 unspecified atom stereocenters. The van der Waals surface area contributed by atoms with E-state index in [0.717, 1.165) is 27.7 Å². The van der Waals surface area contributed by atoms with E-state index in [-0.39, 0.29) is 6.61 Å². The van der Waals surface area contributed by atoms with E-state index in [4.69, 9.17) is 28.4 Å². The third-order valence-corrected chi connectivity index (χ3v) is 3.45. The monoisotopic (exact) mass is 420 g/mol. The molecule has 0 aliphatic carbocycles. The number of carbonyl (C=O) groups is 5. The Balaban J connectivity index is 6.14. The lowest BCUT2D eigenvalue weighted by atomic mass is 9.95. The van der Waals surface area contributed by atoms with Gasteiger partial charge in [-0.15, -0.1) is 0 Å². The van der Waals surface area contributed by atoms with E-state index in [1.165, 1.54) is 14.0 Å². The smallest absolute Gasteiger partial charge is 0.305 e. The molecule has 11 heteroatoms. The lowest BCUT2D eigenvalue weighted by Gasteiger charge is -2.36. The molecule has 5 atom stereocenters. The molecule has 11 nitrogen and oxygen atoms in total. The van der Waals surface area contributed by atoms with E-state index < -0.39 is 60.4 Å². The lowest BCUT2D eigenvalue weighted by molar-refractivity contribution is -0.236. The zero-order valence-electron chi connectivity index (χ0n) is 17.6. The highest BCUT2D eigenvalue weighted by Gasteiger charge is 2.45. The average molecular weight is 420 g/mol. The number of carbonyl (C=O) groups excluding carboxylic acids is 5. The number of esters is 5. The number of ether oxygens (including phenoxy) is 6. The first kappa shape index (κ1) is 26.3. The SMILES string of the molecule is COC(OC(C)=O)C(OC(C)=O)C(OC(C)=O)C(OC(C)=O)C(C)COC(C)=O. The Bertz CT molecular complexity index is 601. The van der Waals surface area contributed by atoms with Gasteiger partial charge < -0.3 is 28.4 Å². The van der Waals surface area contributed by atoms with Gasteiger partial charge in [-0.3, -0.25) is 24.0 Å². The number of rotatable bonds is 11. The molecule has 0 fully saturated rings. The molecule has 166 valence electrons. The summed E-state index contributed by atoms with van der Waals surface area (Å²) < 4.78 is 30.8. The third-order valence-electron chi connectivity index (χ3n) is 3.45. The first-order valence-corrected chi connectivity index (χ1v) is 8.74. The second kappa shape index (κ2) is 12.7. The molecular weight excluding hydrogens is 392 g/mol. The van der Waals surface area contributed by atoms with Crippen molar-refractivity contribution < 1.29 is 52.4 Å². The average Bonchev–Trinajstić information content (AvgIpc) is 2.57. The molecule has 0 amide bonds. The molecule has 0 heterocycles. The van der Waals surface area contributed by atoms with Crippen molar-refractivity contribution in [1.82, 2.24) is 0 Å². The van der Waals surface area contributed by atoms with E-state index in [1.807, 2.05) is 0 Å². The summed E-state index contributed by atoms with van der Waals surface area (Å²) in [5.41, 5.74) is 0. The highest BCUT2D eigenvalue weighted by molar-refractivity contribution is 5.69. The Morgan fingerprint density at radius 3 is 1.41 bits per heavy atom. The zero-order chi connectivity index (χ0) is 22.7. The maximum atomic E-state index is 11.7. The van der Waals surface area contributed by atoms with Crippen LogP contribution in [0.5, 0.6) is 0 Å². The van der Waals surface area contributed by atoms with E-state index in [1.54, 1.807) is 6.92 Å². The van der Waals surface area contributed by atoms with Crippen LogP contribution < -0.4 is 0 Å². The molecule has 0 N–H and O–H groups in total. The summed E-state index contributed by atoms with van der Waals surface area (Å²) in [5.74, 6) is -4.34. The molecule has 0 spiro atoms. The van der Waals surface area contributed by atoms with Crippen molar-refractivity contribution in [3.8, 4) is 0 Å². The first-order chi connectivity index (χ1) is 13.4. The molecular formula is C18H28O11. The molecule has 0 radical (unpaired) electrons. The van der Waals surface area contributed by atoms with Gasteiger partial charge in [0.05, 0.1) is 6.61 Å². The maximum absolute atomic E-state index is 11.7. The van der Waals surface area contributed by atoms with Crippen LogP contribution in [-0.2, 0) is 52.4 Å². The van der Waals surface area contributed by atoms with Crippen LogP contribution in [0.1, 0.15) is 41.5 Å². The van der Waals surface area contributed by atoms with Crippen molar-refractivity contribution in [2.24, 2.45) is 5.92 Å². The predicted octanol–water partition coefficient (Wildman–Crippen LogP) is 0.516. The van der Waals surface area contributed by atoms with E-state index >= 15 is 0 Å². The van der Waals surface area contributed by atoms with Gasteiger partial charge >= 0.3 is 29.8 Å². The fraction of sp³-hybridized carbons (Fsp3) is 0.722. The molecule has 0 aliphatic rings. The summed E-state index contributed by atoms with van der Waals surface area (Å²) >= 11 is 0. The van der Waals surface area contributed by atoms with Gasteiger partial charge in [0, 0.05) is 47.6 Å². The minimum atomic E-state index is -1.48. The van der Waals surface area contributed by atoms with Gasteiger partial charge in [-0.05, 0) is 0 Å². The first-order valence-electron chi connectivity index (χ1n) is 8.74. The van der Waals surface area contributed by atoms with E-state index in [0.29, 0.717) is 0 Å². The highest BCUT2D eigenvalue weighted by Crippen LogP contribution is 2.24. The molecule has 0 aromatic heterocycles. The minimum absolute atomic E-state index is 0.191. The Morgan fingerprint density at radius 2 is 1.03 bits per heavy atom. The van der Waals surface area contributed by atoms with Gasteiger partial charge in [-0.25, -0.2) is 0 Å². The molecule has 0 saturated heterocycles. The second-order valence-corrected chi connectivity index (χ2v) is 6.22. The van der Waals surface area contributed by atoms with E-state index in [2.05, 4.69) is 0 Å². The fourth-order valence-electron chi connectivity index (χ4n) is 2.44. The highest BCUT2D eigenvalue weighted by atomic mass is 16.7. The summed E-state index contributed by atoms with van der Waals surface area (Å²) in [4.78, 5) is 57.6. The van der Waals surface area contributed by atoms with Crippen molar-refractivity contribution >= 4 is 29.8 Å². The zero-order valence-corrected chi connectivity index (χ0v) is 17.6. The Hall–Kier alpha value is -2.69. The summed E-state index contributed by atoms with van der Waals surface area (Å²) in [6.07, 6.45) is -5.61. The molecule has 0 aliphatic heterocycles. The van der Waals surface area contributed by atoms with Crippen LogP contribution in [0, 0.1) is 5.92 Å². The van der Waals surface area contributed by atoms with Crippen molar-refractivity contribution in [3.63, 3.8) is 0 Å². The van der Waals surface area contributed by atoms with E-state index in [9.17, 15) is 24.0 Å². The minimum Gasteiger partial charge on any atom is -0.465 e. The normalized spacial score (nSPS) is 15.7. The van der Waals surface area contributed by atoms with Crippen LogP contribution in [0.25, 0.3) is 0 Å². The van der Waals surface area contributed by atoms with Crippen molar-refractivity contribution in [2.75, 3.05) is 13.7 Å². The number of hydrogen-bond donors (Lipinski definition) is 0. The number of methoxy groups -OCH3 is 1. The molecule has 0 bridgehead atoms. The van der Waals surface area contributed by atoms with Crippen molar-refractivity contribution in [3.05, 3.63) is 0 Å². The lowest BCUT2D eigenvalue weighted by Crippen LogP contribution is -2.54. The largest absolute Gasteiger partial charge is 0.465 e. The predicted molar refractivity (Wildman–Crippen MR) is 95.0 cm³/mol. The van der Waals surface area contributed by atoms with Crippen LogP contribution in [0.15, 0.2) is 0 Å². The van der Waals surface area contributed by atoms with Gasteiger partial charge in [0.25, 0.3) is 0 Å². The molecule has 0 rings (SSSR count). The summed E-state index contributed by atoms with van der Waals surface area (Å²) in [7, 11) is 1.18. The van der Waals surface area contributed by atoms with Gasteiger partial charge in [0.1, 0.15) is 6.10 Å². The molecule has 0 aromatic rings. The quantitative estimate of drug-likeness (QED) is 0.262. The number of hydrogen-bond acceptors (Lipinski definition) is 11. The van der Waals surface area contributed by atoms with Crippen molar-refractivity contribution in [2.45, 2.75) is 66.1 Å². The fourth-order valence-corrected chi connectivity index (χ4v) is 2.44. The van der Waals surface area contributed by atoms with Crippen LogP contribution in [0.3, 0.4) is 0 Å². The van der Waals surface area contributed by atoms with Gasteiger partial charge in [0.2, 0.25) is 12.4 Å². The van der Waals surface area contributed by atoms with Crippen LogP contribution in [0.2, 0.25) is 0 Å². The summed E-state index contributed by atoms with van der Waals surface area (Å²) in [6.45, 7) is 6.96.